The van der Waals surface area contributed by atoms with Crippen molar-refractivity contribution < 1.29 is 18.3 Å². The molecule has 1 aromatic rings. The molecule has 0 saturated carbocycles. The number of carbonyl (C=O) groups excluding carboxylic acids is 1. The first-order chi connectivity index (χ1) is 6.93. The van der Waals surface area contributed by atoms with Gasteiger partial charge in [-0.3, -0.25) is 4.79 Å². The molecular formula is C10H9ClF2O2. The molecule has 1 rings (SSSR count). The highest BCUT2D eigenvalue weighted by Gasteiger charge is 2.17. The van der Waals surface area contributed by atoms with Crippen LogP contribution in [-0.4, -0.2) is 12.4 Å². The van der Waals surface area contributed by atoms with Gasteiger partial charge in [-0.15, -0.1) is 0 Å². The molecule has 0 saturated heterocycles. The van der Waals surface area contributed by atoms with Crippen molar-refractivity contribution in [2.24, 2.45) is 0 Å². The van der Waals surface area contributed by atoms with Crippen molar-refractivity contribution in [1.29, 1.82) is 0 Å². The Morgan fingerprint density at radius 1 is 1.47 bits per heavy atom. The minimum Gasteiger partial charge on any atom is -0.434 e. The van der Waals surface area contributed by atoms with E-state index in [-0.39, 0.29) is 16.3 Å². The van der Waals surface area contributed by atoms with Crippen LogP contribution in [0.25, 0.3) is 0 Å². The molecule has 0 radical (unpaired) electrons. The zero-order valence-electron chi connectivity index (χ0n) is 8.18. The van der Waals surface area contributed by atoms with E-state index in [1.54, 1.807) is 6.92 Å². The number of ether oxygens (including phenoxy) is 1. The molecule has 15 heavy (non-hydrogen) atoms. The van der Waals surface area contributed by atoms with Gasteiger partial charge in [0.05, 0.1) is 10.6 Å². The van der Waals surface area contributed by atoms with Crippen LogP contribution in [0, 0.1) is 6.92 Å². The second-order valence-corrected chi connectivity index (χ2v) is 3.38. The van der Waals surface area contributed by atoms with Crippen molar-refractivity contribution in [3.8, 4) is 5.75 Å². The SMILES string of the molecule is CC(=O)c1c(OC(F)F)ccc(C)c1Cl. The highest BCUT2D eigenvalue weighted by Crippen LogP contribution is 2.30. The normalized spacial score (nSPS) is 10.5. The number of alkyl halides is 2. The Hall–Kier alpha value is -1.16. The number of hydrogen-bond donors (Lipinski definition) is 0. The standard InChI is InChI=1S/C10H9ClF2O2/c1-5-3-4-7(15-10(12)13)8(6(2)14)9(5)11/h3-4,10H,1-2H3. The summed E-state index contributed by atoms with van der Waals surface area (Å²) < 4.78 is 28.2. The predicted molar refractivity (Wildman–Crippen MR) is 52.8 cm³/mol. The molecule has 1 aromatic carbocycles. The number of rotatable bonds is 3. The number of halogens is 3. The number of benzene rings is 1. The van der Waals surface area contributed by atoms with Crippen LogP contribution < -0.4 is 4.74 Å². The van der Waals surface area contributed by atoms with Crippen molar-refractivity contribution in [3.63, 3.8) is 0 Å². The quantitative estimate of drug-likeness (QED) is 0.749. The molecule has 0 amide bonds. The molecular weight excluding hydrogens is 226 g/mol. The molecule has 5 heteroatoms. The molecule has 0 atom stereocenters. The van der Waals surface area contributed by atoms with E-state index >= 15 is 0 Å². The van der Waals surface area contributed by atoms with Crippen LogP contribution in [0.5, 0.6) is 5.75 Å². The Bertz CT molecular complexity index is 391. The molecule has 0 aromatic heterocycles. The molecule has 0 aliphatic rings. The largest absolute Gasteiger partial charge is 0.434 e. The second kappa shape index (κ2) is 4.57. The van der Waals surface area contributed by atoms with Crippen LogP contribution in [0.4, 0.5) is 8.78 Å². The number of carbonyl (C=O) groups is 1. The Morgan fingerprint density at radius 2 is 2.07 bits per heavy atom. The monoisotopic (exact) mass is 234 g/mol. The topological polar surface area (TPSA) is 26.3 Å². The van der Waals surface area contributed by atoms with Crippen LogP contribution in [0.3, 0.4) is 0 Å². The summed E-state index contributed by atoms with van der Waals surface area (Å²) in [4.78, 5) is 11.2. The lowest BCUT2D eigenvalue weighted by atomic mass is 10.1. The van der Waals surface area contributed by atoms with Crippen LogP contribution in [0.1, 0.15) is 22.8 Å². The van der Waals surface area contributed by atoms with Crippen LogP contribution in [0.2, 0.25) is 5.02 Å². The summed E-state index contributed by atoms with van der Waals surface area (Å²) in [6.45, 7) is -0.0400. The third kappa shape index (κ3) is 2.65. The summed E-state index contributed by atoms with van der Waals surface area (Å²) in [5.41, 5.74) is 0.639. The lowest BCUT2D eigenvalue weighted by molar-refractivity contribution is -0.0501. The first kappa shape index (κ1) is 11.9. The fourth-order valence-electron chi connectivity index (χ4n) is 1.18. The molecule has 82 valence electrons. The fraction of sp³-hybridized carbons (Fsp3) is 0.300. The molecule has 0 unspecified atom stereocenters. The van der Waals surface area contributed by atoms with Crippen molar-refractivity contribution >= 4 is 17.4 Å². The predicted octanol–water partition coefficient (Wildman–Crippen LogP) is 3.45. The summed E-state index contributed by atoms with van der Waals surface area (Å²) >= 11 is 5.83. The van der Waals surface area contributed by atoms with Gasteiger partial charge in [0.25, 0.3) is 0 Å². The van der Waals surface area contributed by atoms with Gasteiger partial charge in [0.2, 0.25) is 0 Å². The lowest BCUT2D eigenvalue weighted by Gasteiger charge is -2.11. The van der Waals surface area contributed by atoms with E-state index in [9.17, 15) is 13.6 Å². The van der Waals surface area contributed by atoms with Crippen molar-refractivity contribution in [1.82, 2.24) is 0 Å². The summed E-state index contributed by atoms with van der Waals surface area (Å²) in [6, 6.07) is 2.83. The zero-order chi connectivity index (χ0) is 11.6. The van der Waals surface area contributed by atoms with Crippen molar-refractivity contribution in [3.05, 3.63) is 28.3 Å². The zero-order valence-corrected chi connectivity index (χ0v) is 8.94. The van der Waals surface area contributed by atoms with E-state index in [2.05, 4.69) is 4.74 Å². The molecule has 0 bridgehead atoms. The highest BCUT2D eigenvalue weighted by atomic mass is 35.5. The highest BCUT2D eigenvalue weighted by molar-refractivity contribution is 6.35. The van der Waals surface area contributed by atoms with Crippen molar-refractivity contribution in [2.75, 3.05) is 0 Å². The van der Waals surface area contributed by atoms with Crippen molar-refractivity contribution in [2.45, 2.75) is 20.5 Å². The molecule has 0 aliphatic carbocycles. The van der Waals surface area contributed by atoms with E-state index in [1.165, 1.54) is 19.1 Å². The van der Waals surface area contributed by atoms with E-state index in [0.29, 0.717) is 5.56 Å². The minimum atomic E-state index is -2.97. The average Bonchev–Trinajstić information content (AvgIpc) is 2.10. The number of aryl methyl sites for hydroxylation is 1. The van der Waals surface area contributed by atoms with E-state index in [1.807, 2.05) is 0 Å². The van der Waals surface area contributed by atoms with E-state index in [0.717, 1.165) is 0 Å². The Morgan fingerprint density at radius 3 is 2.53 bits per heavy atom. The first-order valence-electron chi connectivity index (χ1n) is 4.18. The molecule has 0 fully saturated rings. The summed E-state index contributed by atoms with van der Waals surface area (Å²) in [5, 5.41) is 0.153. The maximum atomic E-state index is 12.0. The average molecular weight is 235 g/mol. The van der Waals surface area contributed by atoms with Gasteiger partial charge < -0.3 is 4.74 Å². The smallest absolute Gasteiger partial charge is 0.387 e. The number of Topliss-reactive ketones (excluding diaryl/α,β-unsaturated/α-hetero) is 1. The van der Waals surface area contributed by atoms with Gasteiger partial charge in [-0.2, -0.15) is 8.78 Å². The second-order valence-electron chi connectivity index (χ2n) is 3.00. The van der Waals surface area contributed by atoms with Crippen LogP contribution in [0.15, 0.2) is 12.1 Å². The maximum Gasteiger partial charge on any atom is 0.387 e. The van der Waals surface area contributed by atoms with Gasteiger partial charge >= 0.3 is 6.61 Å². The number of hydrogen-bond acceptors (Lipinski definition) is 2. The van der Waals surface area contributed by atoms with Gasteiger partial charge in [0, 0.05) is 0 Å². The maximum absolute atomic E-state index is 12.0. The summed E-state index contributed by atoms with van der Waals surface area (Å²) in [5.74, 6) is -0.590. The lowest BCUT2D eigenvalue weighted by Crippen LogP contribution is -2.07. The first-order valence-corrected chi connectivity index (χ1v) is 4.56. The van der Waals surface area contributed by atoms with Gasteiger partial charge in [-0.05, 0) is 25.5 Å². The summed E-state index contributed by atoms with van der Waals surface area (Å²) in [6.07, 6.45) is 0. The Balaban J connectivity index is 3.27. The van der Waals surface area contributed by atoms with Gasteiger partial charge in [0.15, 0.2) is 5.78 Å². The van der Waals surface area contributed by atoms with Gasteiger partial charge in [-0.25, -0.2) is 0 Å². The van der Waals surface area contributed by atoms with Gasteiger partial charge in [-0.1, -0.05) is 17.7 Å². The molecule has 0 aliphatic heterocycles. The Labute approximate surface area is 90.8 Å². The molecule has 2 nitrogen and oxygen atoms in total. The van der Waals surface area contributed by atoms with Crippen LogP contribution in [-0.2, 0) is 0 Å². The third-order valence-electron chi connectivity index (χ3n) is 1.86. The fourth-order valence-corrected chi connectivity index (χ4v) is 1.47. The van der Waals surface area contributed by atoms with E-state index < -0.39 is 12.4 Å². The molecule has 0 N–H and O–H groups in total. The molecule has 0 heterocycles. The Kier molecular flexibility index (Phi) is 3.63. The van der Waals surface area contributed by atoms with Crippen LogP contribution >= 0.6 is 11.6 Å². The van der Waals surface area contributed by atoms with E-state index in [4.69, 9.17) is 11.6 Å². The third-order valence-corrected chi connectivity index (χ3v) is 2.35. The van der Waals surface area contributed by atoms with Gasteiger partial charge in [0.1, 0.15) is 5.75 Å². The molecule has 0 spiro atoms. The summed E-state index contributed by atoms with van der Waals surface area (Å²) in [7, 11) is 0. The minimum absolute atomic E-state index is 0.00281. The number of ketones is 1.